The monoisotopic (exact) mass is 380 g/mol. The van der Waals surface area contributed by atoms with Gasteiger partial charge in [-0.1, -0.05) is 60.7 Å². The lowest BCUT2D eigenvalue weighted by Crippen LogP contribution is -2.72. The maximum atomic E-state index is 13.8. The van der Waals surface area contributed by atoms with E-state index in [9.17, 15) is 23.1 Å². The maximum absolute atomic E-state index is 13.8. The average Bonchev–Trinajstić information content (AvgIpc) is 2.61. The normalized spacial score (nSPS) is 25.9. The maximum Gasteiger partial charge on any atom is 0.437 e. The average molecular weight is 380 g/mol. The van der Waals surface area contributed by atoms with Gasteiger partial charge in [-0.2, -0.15) is 13.2 Å². The van der Waals surface area contributed by atoms with Gasteiger partial charge in [0.15, 0.2) is 10.9 Å². The number of thiocarbonyl (C=S) groups is 1. The smallest absolute Gasteiger partial charge is 0.363 e. The number of nitrogens with one attached hydrogen (secondary N) is 2. The first-order valence-electron chi connectivity index (χ1n) is 7.76. The molecule has 3 atom stereocenters. The van der Waals surface area contributed by atoms with E-state index in [1.807, 2.05) is 5.32 Å². The number of halogens is 3. The lowest BCUT2D eigenvalue weighted by molar-refractivity contribution is -0.285. The van der Waals surface area contributed by atoms with E-state index in [2.05, 4.69) is 5.32 Å². The summed E-state index contributed by atoms with van der Waals surface area (Å²) in [6.45, 7) is 0. The molecule has 0 bridgehead atoms. The van der Waals surface area contributed by atoms with Crippen LogP contribution in [-0.4, -0.2) is 27.9 Å². The zero-order valence-electron chi connectivity index (χ0n) is 13.3. The molecular weight excluding hydrogens is 365 g/mol. The van der Waals surface area contributed by atoms with Gasteiger partial charge in [-0.05, 0) is 17.8 Å². The van der Waals surface area contributed by atoms with Crippen LogP contribution in [0.25, 0.3) is 0 Å². The zero-order valence-corrected chi connectivity index (χ0v) is 14.1. The number of aliphatic hydroxyl groups is 1. The Morgan fingerprint density at radius 1 is 1.04 bits per heavy atom. The Morgan fingerprint density at radius 3 is 2.12 bits per heavy atom. The molecule has 8 heteroatoms. The molecule has 1 saturated heterocycles. The van der Waals surface area contributed by atoms with Gasteiger partial charge in [-0.3, -0.25) is 4.79 Å². The van der Waals surface area contributed by atoms with Gasteiger partial charge in [0.05, 0.1) is 6.04 Å². The molecule has 0 spiro atoms. The molecule has 0 aliphatic carbocycles. The molecule has 3 rings (SSSR count). The quantitative estimate of drug-likeness (QED) is 0.565. The van der Waals surface area contributed by atoms with E-state index in [1.54, 1.807) is 48.5 Å². The topological polar surface area (TPSA) is 61.4 Å². The number of alkyl halides is 3. The van der Waals surface area contributed by atoms with Crippen LogP contribution in [0.5, 0.6) is 0 Å². The standard InChI is InChI=1S/C18H15F3N2O2S/c19-18(20,21)17(25)13(15(24)12-9-5-2-6-10-12)14(22-16(26)23-17)11-7-3-1-4-8-11/h1-10,13-14,25H,(H2,22,23,26)/t13-,14-,17-/m0/s1. The summed E-state index contributed by atoms with van der Waals surface area (Å²) < 4.78 is 41.3. The minimum Gasteiger partial charge on any atom is -0.363 e. The highest BCUT2D eigenvalue weighted by Crippen LogP contribution is 2.43. The van der Waals surface area contributed by atoms with Crippen LogP contribution >= 0.6 is 12.2 Å². The van der Waals surface area contributed by atoms with Crippen molar-refractivity contribution in [2.75, 3.05) is 0 Å². The fourth-order valence-electron chi connectivity index (χ4n) is 3.06. The predicted molar refractivity (Wildman–Crippen MR) is 93.3 cm³/mol. The Morgan fingerprint density at radius 2 is 1.58 bits per heavy atom. The summed E-state index contributed by atoms with van der Waals surface area (Å²) in [6, 6.07) is 14.5. The summed E-state index contributed by atoms with van der Waals surface area (Å²) in [5.74, 6) is -2.72. The number of carbonyl (C=O) groups excluding carboxylic acids is 1. The summed E-state index contributed by atoms with van der Waals surface area (Å²) in [5, 5.41) is 14.7. The molecule has 0 radical (unpaired) electrons. The van der Waals surface area contributed by atoms with Crippen LogP contribution in [0.15, 0.2) is 60.7 Å². The van der Waals surface area contributed by atoms with Crippen LogP contribution in [0, 0.1) is 5.92 Å². The van der Waals surface area contributed by atoms with E-state index in [-0.39, 0.29) is 10.7 Å². The first kappa shape index (κ1) is 18.3. The molecule has 2 aromatic rings. The molecule has 0 unspecified atom stereocenters. The number of hydrogen-bond donors (Lipinski definition) is 3. The molecule has 0 amide bonds. The second kappa shape index (κ2) is 6.69. The fourth-order valence-corrected chi connectivity index (χ4v) is 3.34. The number of Topliss-reactive ketones (excluding diaryl/α,β-unsaturated/α-hetero) is 1. The molecule has 1 heterocycles. The van der Waals surface area contributed by atoms with Crippen LogP contribution < -0.4 is 10.6 Å². The minimum absolute atomic E-state index is 0.0672. The third-order valence-corrected chi connectivity index (χ3v) is 4.53. The predicted octanol–water partition coefficient (Wildman–Crippen LogP) is 2.96. The molecule has 1 aliphatic heterocycles. The molecule has 2 aromatic carbocycles. The van der Waals surface area contributed by atoms with Gasteiger partial charge in [0.1, 0.15) is 5.92 Å². The first-order chi connectivity index (χ1) is 12.2. The Hall–Kier alpha value is -2.45. The summed E-state index contributed by atoms with van der Waals surface area (Å²) >= 11 is 4.86. The molecule has 1 fully saturated rings. The highest BCUT2D eigenvalue weighted by atomic mass is 32.1. The second-order valence-corrected chi connectivity index (χ2v) is 6.37. The summed E-state index contributed by atoms with van der Waals surface area (Å²) in [5.41, 5.74) is -3.02. The minimum atomic E-state index is -5.12. The Balaban J connectivity index is 2.15. The number of rotatable bonds is 3. The van der Waals surface area contributed by atoms with Crippen molar-refractivity contribution in [3.05, 3.63) is 71.8 Å². The molecule has 136 valence electrons. The second-order valence-electron chi connectivity index (χ2n) is 5.96. The van der Waals surface area contributed by atoms with Gasteiger partial charge < -0.3 is 15.7 Å². The Kier molecular flexibility index (Phi) is 4.72. The molecule has 26 heavy (non-hydrogen) atoms. The van der Waals surface area contributed by atoms with Crippen molar-refractivity contribution in [2.24, 2.45) is 5.92 Å². The van der Waals surface area contributed by atoms with Crippen LogP contribution in [0.1, 0.15) is 22.0 Å². The van der Waals surface area contributed by atoms with Crippen LogP contribution in [0.3, 0.4) is 0 Å². The van der Waals surface area contributed by atoms with E-state index < -0.39 is 29.6 Å². The zero-order chi connectivity index (χ0) is 18.9. The van der Waals surface area contributed by atoms with Gasteiger partial charge in [-0.25, -0.2) is 0 Å². The summed E-state index contributed by atoms with van der Waals surface area (Å²) in [7, 11) is 0. The van der Waals surface area contributed by atoms with Crippen molar-refractivity contribution < 1.29 is 23.1 Å². The SMILES string of the molecule is O=C(c1ccccc1)[C@@H]1[C@H](c2ccccc2)NC(=S)N[C@@]1(O)C(F)(F)F. The van der Waals surface area contributed by atoms with E-state index in [0.29, 0.717) is 5.56 Å². The Bertz CT molecular complexity index is 814. The number of ketones is 1. The molecule has 4 nitrogen and oxygen atoms in total. The highest BCUT2D eigenvalue weighted by molar-refractivity contribution is 7.80. The van der Waals surface area contributed by atoms with Crippen molar-refractivity contribution >= 4 is 23.1 Å². The first-order valence-corrected chi connectivity index (χ1v) is 8.17. The fraction of sp³-hybridized carbons (Fsp3) is 0.222. The largest absolute Gasteiger partial charge is 0.437 e. The van der Waals surface area contributed by atoms with E-state index in [0.717, 1.165) is 0 Å². The van der Waals surface area contributed by atoms with Gasteiger partial charge in [-0.15, -0.1) is 0 Å². The van der Waals surface area contributed by atoms with Gasteiger partial charge >= 0.3 is 6.18 Å². The van der Waals surface area contributed by atoms with Crippen LogP contribution in [-0.2, 0) is 0 Å². The van der Waals surface area contributed by atoms with Crippen LogP contribution in [0.2, 0.25) is 0 Å². The van der Waals surface area contributed by atoms with Gasteiger partial charge in [0, 0.05) is 5.56 Å². The summed E-state index contributed by atoms with van der Waals surface area (Å²) in [4.78, 5) is 13.0. The summed E-state index contributed by atoms with van der Waals surface area (Å²) in [6.07, 6.45) is -5.12. The molecular formula is C18H15F3N2O2S. The van der Waals surface area contributed by atoms with Gasteiger partial charge in [0.2, 0.25) is 5.72 Å². The molecule has 1 aliphatic rings. The lowest BCUT2D eigenvalue weighted by Gasteiger charge is -2.46. The van der Waals surface area contributed by atoms with Crippen LogP contribution in [0.4, 0.5) is 13.2 Å². The van der Waals surface area contributed by atoms with E-state index >= 15 is 0 Å². The molecule has 0 saturated carbocycles. The van der Waals surface area contributed by atoms with Crippen molar-refractivity contribution in [2.45, 2.75) is 17.9 Å². The third kappa shape index (κ3) is 3.17. The van der Waals surface area contributed by atoms with Gasteiger partial charge in [0.25, 0.3) is 0 Å². The van der Waals surface area contributed by atoms with E-state index in [1.165, 1.54) is 12.1 Å². The third-order valence-electron chi connectivity index (χ3n) is 4.31. The Labute approximate surface area is 153 Å². The van der Waals surface area contributed by atoms with Crippen molar-refractivity contribution in [1.82, 2.24) is 10.6 Å². The molecule has 3 N–H and O–H groups in total. The van der Waals surface area contributed by atoms with E-state index in [4.69, 9.17) is 12.2 Å². The highest BCUT2D eigenvalue weighted by Gasteiger charge is 2.65. The van der Waals surface area contributed by atoms with Crippen molar-refractivity contribution in [3.63, 3.8) is 0 Å². The number of benzene rings is 2. The lowest BCUT2D eigenvalue weighted by atomic mass is 9.77. The van der Waals surface area contributed by atoms with Crippen molar-refractivity contribution in [1.29, 1.82) is 0 Å². The molecule has 0 aromatic heterocycles. The van der Waals surface area contributed by atoms with Crippen molar-refractivity contribution in [3.8, 4) is 0 Å². The number of hydrogen-bond acceptors (Lipinski definition) is 3. The number of carbonyl (C=O) groups is 1.